The summed E-state index contributed by atoms with van der Waals surface area (Å²) in [5, 5.41) is 0. The lowest BCUT2D eigenvalue weighted by molar-refractivity contribution is 0.613. The highest BCUT2D eigenvalue weighted by molar-refractivity contribution is 5.06. The molecule has 2 heteroatoms. The molecule has 0 spiro atoms. The monoisotopic (exact) mass is 110 g/mol. The number of aromatic nitrogens is 1. The van der Waals surface area contributed by atoms with Crippen molar-refractivity contribution >= 4 is 0 Å². The molecule has 0 bridgehead atoms. The Hall–Kier alpha value is -0.920. The lowest BCUT2D eigenvalue weighted by Crippen LogP contribution is -1.81. The first-order valence-electron chi connectivity index (χ1n) is 2.28. The van der Waals surface area contributed by atoms with Crippen LogP contribution in [0.25, 0.3) is 0 Å². The topological polar surface area (TPSA) is 12.9 Å². The summed E-state index contributed by atoms with van der Waals surface area (Å²) in [5.74, 6) is -0.319. The zero-order valence-corrected chi connectivity index (χ0v) is 4.48. The Morgan fingerprint density at radius 3 is 2.88 bits per heavy atom. The Morgan fingerprint density at radius 1 is 1.75 bits per heavy atom. The number of hydrogen-bond acceptors (Lipinski definition) is 1. The van der Waals surface area contributed by atoms with Crippen molar-refractivity contribution in [2.45, 2.75) is 6.92 Å². The van der Waals surface area contributed by atoms with Crippen LogP contribution in [0.15, 0.2) is 12.4 Å². The highest BCUT2D eigenvalue weighted by Gasteiger charge is 1.90. The summed E-state index contributed by atoms with van der Waals surface area (Å²) < 4.78 is 12.2. The number of rotatable bonds is 0. The second kappa shape index (κ2) is 1.90. The van der Waals surface area contributed by atoms with Gasteiger partial charge in [-0.25, -0.2) is 4.39 Å². The molecule has 1 heterocycles. The maximum Gasteiger partial charge on any atom is 0.137 e. The summed E-state index contributed by atoms with van der Waals surface area (Å²) in [6.07, 6.45) is 2.77. The predicted molar refractivity (Wildman–Crippen MR) is 27.8 cm³/mol. The molecule has 1 radical (unpaired) electrons. The number of halogens is 1. The van der Waals surface area contributed by atoms with Gasteiger partial charge in [0.05, 0.1) is 0 Å². The van der Waals surface area contributed by atoms with E-state index in [1.54, 1.807) is 6.92 Å². The SMILES string of the molecule is Cc1cnc[c]c1F. The molecule has 1 rings (SSSR count). The number of aryl methyl sites for hydroxylation is 1. The summed E-state index contributed by atoms with van der Waals surface area (Å²) >= 11 is 0. The molecule has 1 aromatic rings. The standard InChI is InChI=1S/C6H5FN/c1-5-4-8-3-2-6(5)7/h3-4H,1H3. The highest BCUT2D eigenvalue weighted by Crippen LogP contribution is 1.98. The van der Waals surface area contributed by atoms with E-state index in [-0.39, 0.29) is 5.82 Å². The van der Waals surface area contributed by atoms with Gasteiger partial charge in [-0.2, -0.15) is 0 Å². The Labute approximate surface area is 47.2 Å². The number of pyridine rings is 1. The first-order valence-corrected chi connectivity index (χ1v) is 2.28. The van der Waals surface area contributed by atoms with Crippen LogP contribution in [0, 0.1) is 18.8 Å². The molecule has 0 saturated carbocycles. The van der Waals surface area contributed by atoms with Crippen molar-refractivity contribution in [3.63, 3.8) is 0 Å². The van der Waals surface area contributed by atoms with E-state index in [2.05, 4.69) is 11.1 Å². The third-order valence-electron chi connectivity index (χ3n) is 0.880. The fourth-order valence-corrected chi connectivity index (χ4v) is 0.414. The smallest absolute Gasteiger partial charge is 0.137 e. The molecule has 1 aromatic heterocycles. The van der Waals surface area contributed by atoms with Crippen molar-refractivity contribution in [1.29, 1.82) is 0 Å². The van der Waals surface area contributed by atoms with Crippen LogP contribution in [-0.2, 0) is 0 Å². The fourth-order valence-electron chi connectivity index (χ4n) is 0.414. The van der Waals surface area contributed by atoms with Crippen molar-refractivity contribution in [2.24, 2.45) is 0 Å². The normalized spacial score (nSPS) is 9.25. The van der Waals surface area contributed by atoms with Crippen LogP contribution < -0.4 is 0 Å². The molecular weight excluding hydrogens is 105 g/mol. The zero-order valence-electron chi connectivity index (χ0n) is 4.48. The van der Waals surface area contributed by atoms with Crippen molar-refractivity contribution in [1.82, 2.24) is 4.98 Å². The van der Waals surface area contributed by atoms with Gasteiger partial charge in [0.2, 0.25) is 0 Å². The van der Waals surface area contributed by atoms with Gasteiger partial charge in [-0.05, 0) is 6.92 Å². The zero-order chi connectivity index (χ0) is 5.98. The Morgan fingerprint density at radius 2 is 2.50 bits per heavy atom. The molecular formula is C6H5FN. The van der Waals surface area contributed by atoms with Crippen molar-refractivity contribution in [2.75, 3.05) is 0 Å². The Kier molecular flexibility index (Phi) is 1.24. The minimum Gasteiger partial charge on any atom is -0.264 e. The second-order valence-electron chi connectivity index (χ2n) is 1.55. The van der Waals surface area contributed by atoms with Gasteiger partial charge in [0.15, 0.2) is 0 Å². The van der Waals surface area contributed by atoms with Crippen LogP contribution in [0.4, 0.5) is 4.39 Å². The van der Waals surface area contributed by atoms with E-state index in [4.69, 9.17) is 0 Å². The Balaban J connectivity index is 3.13. The maximum atomic E-state index is 12.2. The summed E-state index contributed by atoms with van der Waals surface area (Å²) in [4.78, 5) is 3.65. The maximum absolute atomic E-state index is 12.2. The lowest BCUT2D eigenvalue weighted by Gasteiger charge is -1.87. The van der Waals surface area contributed by atoms with E-state index in [0.717, 1.165) is 0 Å². The molecule has 41 valence electrons. The molecule has 0 aliphatic carbocycles. The van der Waals surface area contributed by atoms with Crippen molar-refractivity contribution in [3.05, 3.63) is 29.8 Å². The van der Waals surface area contributed by atoms with E-state index >= 15 is 0 Å². The molecule has 0 aliphatic rings. The van der Waals surface area contributed by atoms with E-state index in [1.807, 2.05) is 0 Å². The summed E-state index contributed by atoms with van der Waals surface area (Å²) in [5.41, 5.74) is 0.535. The lowest BCUT2D eigenvalue weighted by atomic mass is 10.3. The van der Waals surface area contributed by atoms with Crippen LogP contribution in [-0.4, -0.2) is 4.98 Å². The van der Waals surface area contributed by atoms with E-state index < -0.39 is 0 Å². The van der Waals surface area contributed by atoms with Crippen molar-refractivity contribution in [3.8, 4) is 0 Å². The predicted octanol–water partition coefficient (Wildman–Crippen LogP) is 1.33. The van der Waals surface area contributed by atoms with Crippen LogP contribution >= 0.6 is 0 Å². The van der Waals surface area contributed by atoms with Crippen molar-refractivity contribution < 1.29 is 4.39 Å². The highest BCUT2D eigenvalue weighted by atomic mass is 19.1. The van der Waals surface area contributed by atoms with Gasteiger partial charge in [-0.15, -0.1) is 0 Å². The van der Waals surface area contributed by atoms with Crippen LogP contribution in [0.1, 0.15) is 5.56 Å². The largest absolute Gasteiger partial charge is 0.264 e. The molecule has 0 amide bonds. The number of nitrogens with zero attached hydrogens (tertiary/aromatic N) is 1. The van der Waals surface area contributed by atoms with Gasteiger partial charge < -0.3 is 0 Å². The minimum atomic E-state index is -0.319. The molecule has 0 unspecified atom stereocenters. The third kappa shape index (κ3) is 0.832. The van der Waals surface area contributed by atoms with E-state index in [0.29, 0.717) is 5.56 Å². The van der Waals surface area contributed by atoms with Gasteiger partial charge in [0.25, 0.3) is 0 Å². The Bertz CT molecular complexity index is 165. The van der Waals surface area contributed by atoms with Crippen LogP contribution in [0.5, 0.6) is 0 Å². The summed E-state index contributed by atoms with van der Waals surface area (Å²) in [6.45, 7) is 1.65. The third-order valence-corrected chi connectivity index (χ3v) is 0.880. The van der Waals surface area contributed by atoms with Gasteiger partial charge in [0.1, 0.15) is 5.82 Å². The fraction of sp³-hybridized carbons (Fsp3) is 0.167. The van der Waals surface area contributed by atoms with Crippen LogP contribution in [0.3, 0.4) is 0 Å². The van der Waals surface area contributed by atoms with Gasteiger partial charge in [0, 0.05) is 24.0 Å². The molecule has 0 fully saturated rings. The molecule has 0 saturated heterocycles. The average molecular weight is 110 g/mol. The first kappa shape index (κ1) is 5.22. The van der Waals surface area contributed by atoms with Gasteiger partial charge >= 0.3 is 0 Å². The van der Waals surface area contributed by atoms with Crippen LogP contribution in [0.2, 0.25) is 0 Å². The van der Waals surface area contributed by atoms with Gasteiger partial charge in [-0.3, -0.25) is 4.98 Å². The molecule has 0 aromatic carbocycles. The van der Waals surface area contributed by atoms with Gasteiger partial charge in [-0.1, -0.05) is 0 Å². The minimum absolute atomic E-state index is 0.319. The van der Waals surface area contributed by atoms with E-state index in [1.165, 1.54) is 12.4 Å². The molecule has 0 atom stereocenters. The summed E-state index contributed by atoms with van der Waals surface area (Å²) in [6, 6.07) is 2.32. The summed E-state index contributed by atoms with van der Waals surface area (Å²) in [7, 11) is 0. The van der Waals surface area contributed by atoms with E-state index in [9.17, 15) is 4.39 Å². The molecule has 1 nitrogen and oxygen atoms in total. The molecule has 0 aliphatic heterocycles. The average Bonchev–Trinajstić information content (AvgIpc) is 1.77. The molecule has 8 heavy (non-hydrogen) atoms. The quantitative estimate of drug-likeness (QED) is 0.491. The molecule has 0 N–H and O–H groups in total. The first-order chi connectivity index (χ1) is 3.80. The second-order valence-corrected chi connectivity index (χ2v) is 1.55. The number of hydrogen-bond donors (Lipinski definition) is 0.